The van der Waals surface area contributed by atoms with E-state index in [2.05, 4.69) is 26.9 Å². The van der Waals surface area contributed by atoms with Gasteiger partial charge in [0.1, 0.15) is 0 Å². The SMILES string of the molecule is CCn1nccc1C(NC)c1csnn1. The molecule has 0 fully saturated rings. The van der Waals surface area contributed by atoms with Gasteiger partial charge in [-0.25, -0.2) is 0 Å². The molecular formula is C9H13N5S. The Morgan fingerprint density at radius 1 is 1.60 bits per heavy atom. The molecule has 0 saturated heterocycles. The van der Waals surface area contributed by atoms with Gasteiger partial charge in [-0.05, 0) is 31.6 Å². The Morgan fingerprint density at radius 3 is 3.07 bits per heavy atom. The molecule has 6 heteroatoms. The predicted molar refractivity (Wildman–Crippen MR) is 58.7 cm³/mol. The van der Waals surface area contributed by atoms with Gasteiger partial charge in [0.25, 0.3) is 0 Å². The quantitative estimate of drug-likeness (QED) is 0.842. The minimum Gasteiger partial charge on any atom is -0.307 e. The second kappa shape index (κ2) is 4.50. The van der Waals surface area contributed by atoms with Crippen LogP contribution in [0.5, 0.6) is 0 Å². The third kappa shape index (κ3) is 1.91. The van der Waals surface area contributed by atoms with Crippen molar-refractivity contribution < 1.29 is 0 Å². The average molecular weight is 223 g/mol. The van der Waals surface area contributed by atoms with Crippen molar-refractivity contribution in [2.24, 2.45) is 0 Å². The lowest BCUT2D eigenvalue weighted by molar-refractivity contribution is 0.555. The molecule has 2 heterocycles. The van der Waals surface area contributed by atoms with Crippen LogP contribution in [0, 0.1) is 0 Å². The van der Waals surface area contributed by atoms with E-state index in [4.69, 9.17) is 0 Å². The third-order valence-electron chi connectivity index (χ3n) is 2.31. The van der Waals surface area contributed by atoms with Crippen LogP contribution in [0.1, 0.15) is 24.4 Å². The van der Waals surface area contributed by atoms with E-state index in [1.165, 1.54) is 11.5 Å². The van der Waals surface area contributed by atoms with E-state index >= 15 is 0 Å². The van der Waals surface area contributed by atoms with E-state index in [0.717, 1.165) is 17.9 Å². The van der Waals surface area contributed by atoms with Gasteiger partial charge in [0.05, 0.1) is 17.4 Å². The summed E-state index contributed by atoms with van der Waals surface area (Å²) in [5.74, 6) is 0. The molecule has 0 aliphatic rings. The maximum absolute atomic E-state index is 4.25. The molecular weight excluding hydrogens is 210 g/mol. The number of rotatable bonds is 4. The van der Waals surface area contributed by atoms with Crippen molar-refractivity contribution in [1.29, 1.82) is 0 Å². The summed E-state index contributed by atoms with van der Waals surface area (Å²) in [6, 6.07) is 2.08. The number of nitrogens with zero attached hydrogens (tertiary/aromatic N) is 4. The third-order valence-corrected chi connectivity index (χ3v) is 2.83. The fourth-order valence-electron chi connectivity index (χ4n) is 1.60. The van der Waals surface area contributed by atoms with E-state index < -0.39 is 0 Å². The number of aryl methyl sites for hydroxylation is 1. The van der Waals surface area contributed by atoms with Crippen LogP contribution >= 0.6 is 11.5 Å². The molecule has 0 aliphatic carbocycles. The van der Waals surface area contributed by atoms with Crippen LogP contribution in [0.4, 0.5) is 0 Å². The maximum atomic E-state index is 4.25. The van der Waals surface area contributed by atoms with Crippen molar-refractivity contribution in [1.82, 2.24) is 24.7 Å². The summed E-state index contributed by atoms with van der Waals surface area (Å²) in [6.07, 6.45) is 1.81. The average Bonchev–Trinajstić information content (AvgIpc) is 2.89. The summed E-state index contributed by atoms with van der Waals surface area (Å²) in [6.45, 7) is 2.93. The molecule has 2 aromatic rings. The van der Waals surface area contributed by atoms with E-state index in [0.29, 0.717) is 0 Å². The van der Waals surface area contributed by atoms with Gasteiger partial charge in [-0.2, -0.15) is 5.10 Å². The van der Waals surface area contributed by atoms with Crippen molar-refractivity contribution in [2.45, 2.75) is 19.5 Å². The van der Waals surface area contributed by atoms with Gasteiger partial charge >= 0.3 is 0 Å². The van der Waals surface area contributed by atoms with Crippen LogP contribution in [0.15, 0.2) is 17.6 Å². The van der Waals surface area contributed by atoms with Crippen LogP contribution in [0.25, 0.3) is 0 Å². The van der Waals surface area contributed by atoms with Gasteiger partial charge in [-0.1, -0.05) is 4.49 Å². The molecule has 0 aromatic carbocycles. The van der Waals surface area contributed by atoms with Gasteiger partial charge in [0.2, 0.25) is 0 Å². The fourth-order valence-corrected chi connectivity index (χ4v) is 2.08. The maximum Gasteiger partial charge on any atom is 0.0985 e. The van der Waals surface area contributed by atoms with Gasteiger partial charge in [0, 0.05) is 18.1 Å². The smallest absolute Gasteiger partial charge is 0.0985 e. The Labute approximate surface area is 92.3 Å². The van der Waals surface area contributed by atoms with Gasteiger partial charge in [-0.3, -0.25) is 4.68 Å². The van der Waals surface area contributed by atoms with Crippen molar-refractivity contribution in [2.75, 3.05) is 7.05 Å². The number of nitrogens with one attached hydrogen (secondary N) is 1. The first-order valence-corrected chi connectivity index (χ1v) is 5.66. The highest BCUT2D eigenvalue weighted by Gasteiger charge is 2.18. The molecule has 5 nitrogen and oxygen atoms in total. The Hall–Kier alpha value is -1.27. The van der Waals surface area contributed by atoms with Crippen LogP contribution < -0.4 is 5.32 Å². The molecule has 1 unspecified atom stereocenters. The molecule has 1 N–H and O–H groups in total. The van der Waals surface area contributed by atoms with Crippen LogP contribution in [0.2, 0.25) is 0 Å². The van der Waals surface area contributed by atoms with Crippen molar-refractivity contribution in [3.8, 4) is 0 Å². The van der Waals surface area contributed by atoms with Gasteiger partial charge in [0.15, 0.2) is 0 Å². The lowest BCUT2D eigenvalue weighted by Crippen LogP contribution is -2.21. The second-order valence-electron chi connectivity index (χ2n) is 3.12. The Bertz CT molecular complexity index is 408. The van der Waals surface area contributed by atoms with Gasteiger partial charge in [-0.15, -0.1) is 5.10 Å². The first-order valence-electron chi connectivity index (χ1n) is 4.82. The molecule has 2 rings (SSSR count). The molecule has 1 atom stereocenters. The zero-order chi connectivity index (χ0) is 10.7. The molecule has 0 bridgehead atoms. The molecule has 0 saturated carbocycles. The number of hydrogen-bond acceptors (Lipinski definition) is 5. The topological polar surface area (TPSA) is 55.6 Å². The lowest BCUT2D eigenvalue weighted by atomic mass is 10.1. The number of aromatic nitrogens is 4. The highest BCUT2D eigenvalue weighted by Crippen LogP contribution is 2.19. The van der Waals surface area contributed by atoms with E-state index in [9.17, 15) is 0 Å². The lowest BCUT2D eigenvalue weighted by Gasteiger charge is -2.14. The highest BCUT2D eigenvalue weighted by atomic mass is 32.1. The largest absolute Gasteiger partial charge is 0.307 e. The summed E-state index contributed by atoms with van der Waals surface area (Å²) in [7, 11) is 1.91. The normalized spacial score (nSPS) is 12.9. The summed E-state index contributed by atoms with van der Waals surface area (Å²) in [5, 5.41) is 13.5. The Morgan fingerprint density at radius 2 is 2.47 bits per heavy atom. The first kappa shape index (κ1) is 10.3. The van der Waals surface area contributed by atoms with E-state index in [-0.39, 0.29) is 6.04 Å². The monoisotopic (exact) mass is 223 g/mol. The minimum absolute atomic E-state index is 0.0752. The summed E-state index contributed by atoms with van der Waals surface area (Å²) in [4.78, 5) is 0. The summed E-state index contributed by atoms with van der Waals surface area (Å²) < 4.78 is 5.84. The Balaban J connectivity index is 2.35. The fraction of sp³-hybridized carbons (Fsp3) is 0.444. The molecule has 2 aromatic heterocycles. The molecule has 0 amide bonds. The summed E-state index contributed by atoms with van der Waals surface area (Å²) in [5.41, 5.74) is 2.06. The zero-order valence-corrected chi connectivity index (χ0v) is 9.53. The molecule has 0 spiro atoms. The molecule has 0 aliphatic heterocycles. The molecule has 15 heavy (non-hydrogen) atoms. The van der Waals surface area contributed by atoms with Crippen molar-refractivity contribution in [3.05, 3.63) is 29.0 Å². The summed E-state index contributed by atoms with van der Waals surface area (Å²) >= 11 is 1.36. The minimum atomic E-state index is 0.0752. The van der Waals surface area contributed by atoms with Crippen LogP contribution in [0.3, 0.4) is 0 Å². The second-order valence-corrected chi connectivity index (χ2v) is 3.73. The van der Waals surface area contributed by atoms with Crippen molar-refractivity contribution in [3.63, 3.8) is 0 Å². The van der Waals surface area contributed by atoms with E-state index in [1.54, 1.807) is 0 Å². The molecule has 0 radical (unpaired) electrons. The van der Waals surface area contributed by atoms with Gasteiger partial charge < -0.3 is 5.32 Å². The molecule has 80 valence electrons. The predicted octanol–water partition coefficient (Wildman–Crippen LogP) is 1.06. The standard InChI is InChI=1S/C9H13N5S/c1-3-14-8(4-5-11-14)9(10-2)7-6-15-13-12-7/h4-6,9-10H,3H2,1-2H3. The zero-order valence-electron chi connectivity index (χ0n) is 8.71. The number of hydrogen-bond donors (Lipinski definition) is 1. The van der Waals surface area contributed by atoms with E-state index in [1.807, 2.05) is 29.4 Å². The van der Waals surface area contributed by atoms with Crippen LogP contribution in [-0.2, 0) is 6.54 Å². The van der Waals surface area contributed by atoms with Crippen LogP contribution in [-0.4, -0.2) is 26.4 Å². The highest BCUT2D eigenvalue weighted by molar-refractivity contribution is 7.03. The Kier molecular flexibility index (Phi) is 3.08. The van der Waals surface area contributed by atoms with Crippen molar-refractivity contribution >= 4 is 11.5 Å². The first-order chi connectivity index (χ1) is 7.36.